The van der Waals surface area contributed by atoms with E-state index in [-0.39, 0.29) is 22.9 Å². The lowest BCUT2D eigenvalue weighted by Crippen LogP contribution is -2.28. The molecule has 1 aromatic heterocycles. The van der Waals surface area contributed by atoms with E-state index in [0.717, 1.165) is 11.0 Å². The number of amides is 1. The summed E-state index contributed by atoms with van der Waals surface area (Å²) in [5.74, 6) is -0.658. The Hall–Kier alpha value is -2.78. The van der Waals surface area contributed by atoms with Gasteiger partial charge < -0.3 is 9.88 Å². The third kappa shape index (κ3) is 4.89. The summed E-state index contributed by atoms with van der Waals surface area (Å²) >= 11 is 0. The molecule has 27 heavy (non-hydrogen) atoms. The quantitative estimate of drug-likeness (QED) is 0.803. The molecule has 0 aliphatic carbocycles. The maximum absolute atomic E-state index is 12.9. The van der Waals surface area contributed by atoms with Crippen molar-refractivity contribution in [1.29, 1.82) is 0 Å². The fraction of sp³-hybridized carbons (Fsp3) is 0.294. The summed E-state index contributed by atoms with van der Waals surface area (Å²) in [6.45, 7) is 0.971. The van der Waals surface area contributed by atoms with Crippen molar-refractivity contribution in [3.05, 3.63) is 68.6 Å². The first-order valence-electron chi connectivity index (χ1n) is 7.53. The normalized spacial score (nSPS) is 12.1. The van der Waals surface area contributed by atoms with Gasteiger partial charge in [0.1, 0.15) is 0 Å². The van der Waals surface area contributed by atoms with Gasteiger partial charge >= 0.3 is 12.4 Å². The van der Waals surface area contributed by atoms with Crippen LogP contribution in [0.15, 0.2) is 35.1 Å². The van der Waals surface area contributed by atoms with E-state index in [2.05, 4.69) is 4.98 Å². The highest BCUT2D eigenvalue weighted by molar-refractivity contribution is 5.94. The SMILES string of the molecule is Cc1[nH]c(=O)ccc1C(=O)N(C)Cc1cc(C(F)(F)F)cc(C(F)(F)F)c1. The van der Waals surface area contributed by atoms with Crippen LogP contribution in [0.5, 0.6) is 0 Å². The van der Waals surface area contributed by atoms with Crippen molar-refractivity contribution < 1.29 is 31.1 Å². The third-order valence-electron chi connectivity index (χ3n) is 3.76. The molecule has 0 spiro atoms. The van der Waals surface area contributed by atoms with E-state index in [1.807, 2.05) is 0 Å². The fourth-order valence-corrected chi connectivity index (χ4v) is 2.47. The standard InChI is InChI=1S/C17H14F6N2O2/c1-9-13(3-4-14(26)24-9)15(27)25(2)8-10-5-11(16(18,19)20)7-12(6-10)17(21,22)23/h3-7H,8H2,1-2H3,(H,24,26). The number of hydrogen-bond acceptors (Lipinski definition) is 2. The molecule has 4 nitrogen and oxygen atoms in total. The molecule has 1 aromatic carbocycles. The highest BCUT2D eigenvalue weighted by atomic mass is 19.4. The van der Waals surface area contributed by atoms with Gasteiger partial charge in [-0.05, 0) is 36.8 Å². The lowest BCUT2D eigenvalue weighted by Gasteiger charge is -2.20. The number of aromatic amines is 1. The number of carbonyl (C=O) groups is 1. The zero-order chi connectivity index (χ0) is 20.6. The molecule has 2 rings (SSSR count). The number of nitrogens with one attached hydrogen (secondary N) is 1. The first-order valence-corrected chi connectivity index (χ1v) is 7.53. The number of alkyl halides is 6. The molecule has 1 amide bonds. The molecule has 0 aliphatic heterocycles. The summed E-state index contributed by atoms with van der Waals surface area (Å²) < 4.78 is 77.4. The Morgan fingerprint density at radius 1 is 1.00 bits per heavy atom. The molecular formula is C17H14F6N2O2. The monoisotopic (exact) mass is 392 g/mol. The number of halogens is 6. The molecule has 10 heteroatoms. The number of benzene rings is 1. The van der Waals surface area contributed by atoms with Crippen molar-refractivity contribution >= 4 is 5.91 Å². The van der Waals surface area contributed by atoms with E-state index < -0.39 is 41.5 Å². The molecule has 2 aromatic rings. The lowest BCUT2D eigenvalue weighted by molar-refractivity contribution is -0.143. The molecular weight excluding hydrogens is 378 g/mol. The maximum atomic E-state index is 12.9. The van der Waals surface area contributed by atoms with Crippen molar-refractivity contribution in [2.75, 3.05) is 7.05 Å². The molecule has 146 valence electrons. The maximum Gasteiger partial charge on any atom is 0.416 e. The Kier molecular flexibility index (Phi) is 5.39. The zero-order valence-corrected chi connectivity index (χ0v) is 14.1. The third-order valence-corrected chi connectivity index (χ3v) is 3.76. The van der Waals surface area contributed by atoms with Gasteiger partial charge in [0.05, 0.1) is 16.7 Å². The van der Waals surface area contributed by atoms with Crippen molar-refractivity contribution in [3.8, 4) is 0 Å². The van der Waals surface area contributed by atoms with E-state index in [0.29, 0.717) is 12.1 Å². The Morgan fingerprint density at radius 3 is 1.96 bits per heavy atom. The van der Waals surface area contributed by atoms with E-state index in [1.54, 1.807) is 0 Å². The predicted molar refractivity (Wildman–Crippen MR) is 84.0 cm³/mol. The van der Waals surface area contributed by atoms with Crippen LogP contribution in [0.1, 0.15) is 32.7 Å². The minimum Gasteiger partial charge on any atom is -0.337 e. The van der Waals surface area contributed by atoms with Crippen LogP contribution in [0.4, 0.5) is 26.3 Å². The van der Waals surface area contributed by atoms with Gasteiger partial charge in [0.15, 0.2) is 0 Å². The molecule has 0 saturated carbocycles. The number of hydrogen-bond donors (Lipinski definition) is 1. The molecule has 0 radical (unpaired) electrons. The van der Waals surface area contributed by atoms with Gasteiger partial charge in [-0.2, -0.15) is 26.3 Å². The van der Waals surface area contributed by atoms with Gasteiger partial charge in [0.2, 0.25) is 5.56 Å². The van der Waals surface area contributed by atoms with E-state index in [1.165, 1.54) is 20.0 Å². The molecule has 0 unspecified atom stereocenters. The van der Waals surface area contributed by atoms with E-state index >= 15 is 0 Å². The summed E-state index contributed by atoms with van der Waals surface area (Å²) in [5.41, 5.74) is -3.35. The van der Waals surface area contributed by atoms with Crippen molar-refractivity contribution in [2.45, 2.75) is 25.8 Å². The number of nitrogens with zero attached hydrogens (tertiary/aromatic N) is 1. The lowest BCUT2D eigenvalue weighted by atomic mass is 10.0. The van der Waals surface area contributed by atoms with Crippen LogP contribution in [0.2, 0.25) is 0 Å². The average Bonchev–Trinajstić information content (AvgIpc) is 2.52. The minimum atomic E-state index is -4.96. The highest BCUT2D eigenvalue weighted by Crippen LogP contribution is 2.36. The summed E-state index contributed by atoms with van der Waals surface area (Å²) in [4.78, 5) is 27.0. The highest BCUT2D eigenvalue weighted by Gasteiger charge is 2.37. The average molecular weight is 392 g/mol. The molecule has 0 bridgehead atoms. The second kappa shape index (κ2) is 7.09. The van der Waals surface area contributed by atoms with E-state index in [9.17, 15) is 35.9 Å². The summed E-state index contributed by atoms with van der Waals surface area (Å²) in [5, 5.41) is 0. The smallest absolute Gasteiger partial charge is 0.337 e. The van der Waals surface area contributed by atoms with Crippen molar-refractivity contribution in [1.82, 2.24) is 9.88 Å². The number of rotatable bonds is 3. The van der Waals surface area contributed by atoms with Gasteiger partial charge in [-0.1, -0.05) is 0 Å². The Morgan fingerprint density at radius 2 is 1.52 bits per heavy atom. The molecule has 1 heterocycles. The van der Waals surface area contributed by atoms with Gasteiger partial charge in [0.25, 0.3) is 5.91 Å². The van der Waals surface area contributed by atoms with Gasteiger partial charge in [0, 0.05) is 25.4 Å². The first kappa shape index (κ1) is 20.5. The zero-order valence-electron chi connectivity index (χ0n) is 14.1. The van der Waals surface area contributed by atoms with Crippen LogP contribution in [0.25, 0.3) is 0 Å². The van der Waals surface area contributed by atoms with Crippen LogP contribution in [-0.4, -0.2) is 22.8 Å². The summed E-state index contributed by atoms with van der Waals surface area (Å²) in [6.07, 6.45) is -9.93. The number of carbonyl (C=O) groups excluding carboxylic acids is 1. The van der Waals surface area contributed by atoms with Crippen LogP contribution < -0.4 is 5.56 Å². The number of aromatic nitrogens is 1. The largest absolute Gasteiger partial charge is 0.416 e. The van der Waals surface area contributed by atoms with Crippen molar-refractivity contribution in [3.63, 3.8) is 0 Å². The first-order chi connectivity index (χ1) is 12.3. The molecule has 0 fully saturated rings. The predicted octanol–water partition coefficient (Wildman–Crippen LogP) is 3.99. The molecule has 0 aliphatic rings. The van der Waals surface area contributed by atoms with Crippen LogP contribution in [0, 0.1) is 6.92 Å². The number of H-pyrrole nitrogens is 1. The Balaban J connectivity index is 2.37. The van der Waals surface area contributed by atoms with Gasteiger partial charge in [-0.25, -0.2) is 0 Å². The van der Waals surface area contributed by atoms with Crippen molar-refractivity contribution in [2.24, 2.45) is 0 Å². The summed E-state index contributed by atoms with van der Waals surface area (Å²) in [6, 6.07) is 3.50. The molecule has 0 atom stereocenters. The second-order valence-corrected chi connectivity index (χ2v) is 5.94. The number of aryl methyl sites for hydroxylation is 1. The Labute approximate surface area is 149 Å². The van der Waals surface area contributed by atoms with Gasteiger partial charge in [-0.3, -0.25) is 9.59 Å². The van der Waals surface area contributed by atoms with Gasteiger partial charge in [-0.15, -0.1) is 0 Å². The topological polar surface area (TPSA) is 53.2 Å². The summed E-state index contributed by atoms with van der Waals surface area (Å²) in [7, 11) is 1.24. The van der Waals surface area contributed by atoms with Crippen LogP contribution in [-0.2, 0) is 18.9 Å². The minimum absolute atomic E-state index is 0.0252. The fourth-order valence-electron chi connectivity index (χ4n) is 2.47. The van der Waals surface area contributed by atoms with Crippen LogP contribution in [0.3, 0.4) is 0 Å². The molecule has 0 saturated heterocycles. The Bertz CT molecular complexity index is 883. The molecule has 1 N–H and O–H groups in total. The second-order valence-electron chi connectivity index (χ2n) is 5.94. The number of pyridine rings is 1. The van der Waals surface area contributed by atoms with Crippen LogP contribution >= 0.6 is 0 Å². The van der Waals surface area contributed by atoms with E-state index in [4.69, 9.17) is 0 Å².